The molecule has 0 saturated carbocycles. The summed E-state index contributed by atoms with van der Waals surface area (Å²) in [7, 11) is 3.42. The summed E-state index contributed by atoms with van der Waals surface area (Å²) in [4.78, 5) is 5.19. The lowest BCUT2D eigenvalue weighted by atomic mass is 10.1. The van der Waals surface area contributed by atoms with Gasteiger partial charge in [0, 0.05) is 25.2 Å². The quantitative estimate of drug-likeness (QED) is 0.806. The summed E-state index contributed by atoms with van der Waals surface area (Å²) in [5.74, 6) is 2.54. The largest absolute Gasteiger partial charge is 0.493 e. The van der Waals surface area contributed by atoms with E-state index in [2.05, 4.69) is 21.9 Å². The van der Waals surface area contributed by atoms with Crippen molar-refractivity contribution >= 4 is 0 Å². The molecule has 1 aromatic rings. The molecular weight excluding hydrogens is 276 g/mol. The van der Waals surface area contributed by atoms with Crippen LogP contribution in [0.4, 0.5) is 0 Å². The molecule has 0 aromatic heterocycles. The highest BCUT2D eigenvalue weighted by Crippen LogP contribution is 2.32. The Morgan fingerprint density at radius 2 is 1.86 bits per heavy atom. The van der Waals surface area contributed by atoms with Crippen LogP contribution in [0.1, 0.15) is 24.8 Å². The number of benzene rings is 1. The Labute approximate surface area is 134 Å². The lowest BCUT2D eigenvalue weighted by Gasteiger charge is -2.21. The second kappa shape index (κ2) is 7.34. The molecule has 1 unspecified atom stereocenters. The number of ether oxygens (including phenoxy) is 2. The molecule has 4 heteroatoms. The Hall–Kier alpha value is -1.26. The van der Waals surface area contributed by atoms with Gasteiger partial charge in [-0.2, -0.15) is 0 Å². The topological polar surface area (TPSA) is 24.9 Å². The van der Waals surface area contributed by atoms with Crippen LogP contribution in [0.15, 0.2) is 18.2 Å². The Morgan fingerprint density at radius 3 is 2.59 bits per heavy atom. The second-order valence-electron chi connectivity index (χ2n) is 6.55. The minimum atomic E-state index is 0.827. The maximum Gasteiger partial charge on any atom is 0.165 e. The molecule has 3 rings (SSSR count). The predicted molar refractivity (Wildman–Crippen MR) is 88.6 cm³/mol. The van der Waals surface area contributed by atoms with Gasteiger partial charge in [-0.15, -0.1) is 0 Å². The predicted octanol–water partition coefficient (Wildman–Crippen LogP) is 2.62. The average Bonchev–Trinajstić information content (AvgIpc) is 3.19. The van der Waals surface area contributed by atoms with E-state index in [0.29, 0.717) is 0 Å². The van der Waals surface area contributed by atoms with E-state index in [-0.39, 0.29) is 0 Å². The Balaban J connectivity index is 1.57. The molecule has 0 amide bonds. The second-order valence-corrected chi connectivity index (χ2v) is 6.55. The number of para-hydroxylation sites is 1. The standard InChI is InChI=1S/C18H28N2O2/c1-21-17-7-5-6-16(18(17)22-2)14-20-11-8-15(13-20)12-19-9-3-4-10-19/h5-7,15H,3-4,8-14H2,1-2H3. The minimum Gasteiger partial charge on any atom is -0.493 e. The first kappa shape index (κ1) is 15.6. The third-order valence-corrected chi connectivity index (χ3v) is 4.96. The van der Waals surface area contributed by atoms with Crippen LogP contribution >= 0.6 is 0 Å². The van der Waals surface area contributed by atoms with Gasteiger partial charge in [-0.25, -0.2) is 0 Å². The molecule has 0 bridgehead atoms. The normalized spacial score (nSPS) is 23.1. The van der Waals surface area contributed by atoms with Crippen molar-refractivity contribution in [2.45, 2.75) is 25.8 Å². The summed E-state index contributed by atoms with van der Waals surface area (Å²) in [6.45, 7) is 7.25. The van der Waals surface area contributed by atoms with E-state index in [9.17, 15) is 0 Å². The Kier molecular flexibility index (Phi) is 5.21. The highest BCUT2D eigenvalue weighted by molar-refractivity contribution is 5.46. The zero-order chi connectivity index (χ0) is 15.4. The van der Waals surface area contributed by atoms with Crippen LogP contribution in [-0.4, -0.2) is 56.7 Å². The van der Waals surface area contributed by atoms with E-state index in [0.717, 1.165) is 24.0 Å². The van der Waals surface area contributed by atoms with Crippen LogP contribution in [0.5, 0.6) is 11.5 Å². The molecule has 1 aromatic carbocycles. The van der Waals surface area contributed by atoms with Gasteiger partial charge in [-0.3, -0.25) is 4.90 Å². The van der Waals surface area contributed by atoms with Gasteiger partial charge in [0.15, 0.2) is 11.5 Å². The zero-order valence-corrected chi connectivity index (χ0v) is 13.9. The van der Waals surface area contributed by atoms with Crippen molar-refractivity contribution in [2.75, 3.05) is 46.9 Å². The first-order valence-corrected chi connectivity index (χ1v) is 8.44. The minimum absolute atomic E-state index is 0.827. The molecule has 122 valence electrons. The molecule has 0 radical (unpaired) electrons. The number of hydrogen-bond donors (Lipinski definition) is 0. The molecule has 1 atom stereocenters. The number of nitrogens with zero attached hydrogens (tertiary/aromatic N) is 2. The van der Waals surface area contributed by atoms with Gasteiger partial charge in [0.1, 0.15) is 0 Å². The van der Waals surface area contributed by atoms with Gasteiger partial charge in [-0.05, 0) is 50.9 Å². The lowest BCUT2D eigenvalue weighted by Crippen LogP contribution is -2.29. The fourth-order valence-electron chi connectivity index (χ4n) is 3.85. The molecule has 0 N–H and O–H groups in total. The Morgan fingerprint density at radius 1 is 1.05 bits per heavy atom. The zero-order valence-electron chi connectivity index (χ0n) is 13.9. The lowest BCUT2D eigenvalue weighted by molar-refractivity contribution is 0.258. The first-order valence-electron chi connectivity index (χ1n) is 8.44. The maximum absolute atomic E-state index is 5.55. The van der Waals surface area contributed by atoms with Gasteiger partial charge >= 0.3 is 0 Å². The molecule has 2 heterocycles. The summed E-state index contributed by atoms with van der Waals surface area (Å²) >= 11 is 0. The van der Waals surface area contributed by atoms with E-state index < -0.39 is 0 Å². The van der Waals surface area contributed by atoms with Crippen LogP contribution in [0.25, 0.3) is 0 Å². The molecule has 22 heavy (non-hydrogen) atoms. The van der Waals surface area contributed by atoms with Crippen molar-refractivity contribution in [3.8, 4) is 11.5 Å². The number of hydrogen-bond acceptors (Lipinski definition) is 4. The number of rotatable bonds is 6. The van der Waals surface area contributed by atoms with Crippen molar-refractivity contribution in [1.29, 1.82) is 0 Å². The summed E-state index contributed by atoms with van der Waals surface area (Å²) in [6.07, 6.45) is 4.09. The number of methoxy groups -OCH3 is 2. The summed E-state index contributed by atoms with van der Waals surface area (Å²) in [5, 5.41) is 0. The molecule has 2 fully saturated rings. The maximum atomic E-state index is 5.55. The molecule has 0 spiro atoms. The highest BCUT2D eigenvalue weighted by Gasteiger charge is 2.26. The highest BCUT2D eigenvalue weighted by atomic mass is 16.5. The summed E-state index contributed by atoms with van der Waals surface area (Å²) in [5.41, 5.74) is 1.23. The summed E-state index contributed by atoms with van der Waals surface area (Å²) < 4.78 is 11.0. The van der Waals surface area contributed by atoms with Gasteiger partial charge in [0.2, 0.25) is 0 Å². The van der Waals surface area contributed by atoms with E-state index >= 15 is 0 Å². The number of likely N-dealkylation sites (tertiary alicyclic amines) is 2. The monoisotopic (exact) mass is 304 g/mol. The molecule has 0 aliphatic carbocycles. The fourth-order valence-corrected chi connectivity index (χ4v) is 3.85. The molecule has 2 aliphatic heterocycles. The van der Waals surface area contributed by atoms with Gasteiger partial charge in [0.05, 0.1) is 14.2 Å². The van der Waals surface area contributed by atoms with Crippen LogP contribution in [0.3, 0.4) is 0 Å². The van der Waals surface area contributed by atoms with Gasteiger partial charge in [0.25, 0.3) is 0 Å². The van der Waals surface area contributed by atoms with Crippen LogP contribution in [0, 0.1) is 5.92 Å². The van der Waals surface area contributed by atoms with Crippen molar-refractivity contribution in [3.05, 3.63) is 23.8 Å². The fraction of sp³-hybridized carbons (Fsp3) is 0.667. The van der Waals surface area contributed by atoms with Crippen LogP contribution < -0.4 is 9.47 Å². The van der Waals surface area contributed by atoms with E-state index in [1.54, 1.807) is 14.2 Å². The summed E-state index contributed by atoms with van der Waals surface area (Å²) in [6, 6.07) is 6.16. The van der Waals surface area contributed by atoms with E-state index in [4.69, 9.17) is 9.47 Å². The Bertz CT molecular complexity index is 486. The van der Waals surface area contributed by atoms with Crippen molar-refractivity contribution in [1.82, 2.24) is 9.80 Å². The molecule has 2 saturated heterocycles. The van der Waals surface area contributed by atoms with Gasteiger partial charge < -0.3 is 14.4 Å². The van der Waals surface area contributed by atoms with E-state index in [1.165, 1.54) is 57.5 Å². The van der Waals surface area contributed by atoms with Crippen molar-refractivity contribution in [3.63, 3.8) is 0 Å². The molecular formula is C18H28N2O2. The van der Waals surface area contributed by atoms with Crippen molar-refractivity contribution < 1.29 is 9.47 Å². The van der Waals surface area contributed by atoms with E-state index in [1.807, 2.05) is 6.07 Å². The molecule has 4 nitrogen and oxygen atoms in total. The third kappa shape index (κ3) is 3.55. The average molecular weight is 304 g/mol. The molecule has 2 aliphatic rings. The van der Waals surface area contributed by atoms with Crippen LogP contribution in [-0.2, 0) is 6.54 Å². The third-order valence-electron chi connectivity index (χ3n) is 4.96. The first-order chi connectivity index (χ1) is 10.8. The van der Waals surface area contributed by atoms with Crippen molar-refractivity contribution in [2.24, 2.45) is 5.92 Å². The smallest absolute Gasteiger partial charge is 0.165 e. The van der Waals surface area contributed by atoms with Gasteiger partial charge in [-0.1, -0.05) is 12.1 Å². The van der Waals surface area contributed by atoms with Crippen LogP contribution in [0.2, 0.25) is 0 Å². The SMILES string of the molecule is COc1cccc(CN2CCC(CN3CCCC3)C2)c1OC.